The van der Waals surface area contributed by atoms with Crippen LogP contribution in [-0.2, 0) is 17.8 Å². The third-order valence-corrected chi connectivity index (χ3v) is 5.96. The van der Waals surface area contributed by atoms with Crippen LogP contribution in [0.25, 0.3) is 0 Å². The molecule has 5 nitrogen and oxygen atoms in total. The van der Waals surface area contributed by atoms with Crippen molar-refractivity contribution in [2.45, 2.75) is 50.9 Å². The molecule has 0 bridgehead atoms. The SMILES string of the molecule is CC1NNC(C2CC2)C1C(=O)NCC1Cc2ccccc2CN1C. The minimum absolute atomic E-state index is 0.0404. The van der Waals surface area contributed by atoms with Crippen molar-refractivity contribution < 1.29 is 4.79 Å². The van der Waals surface area contributed by atoms with Gasteiger partial charge in [0.1, 0.15) is 0 Å². The third kappa shape index (κ3) is 3.08. The molecule has 24 heavy (non-hydrogen) atoms. The fourth-order valence-electron chi connectivity index (χ4n) is 4.26. The molecule has 1 amide bonds. The molecule has 0 radical (unpaired) electrons. The molecule has 1 saturated heterocycles. The predicted molar refractivity (Wildman–Crippen MR) is 94.1 cm³/mol. The van der Waals surface area contributed by atoms with E-state index in [0.717, 1.165) is 19.5 Å². The lowest BCUT2D eigenvalue weighted by atomic mass is 9.90. The molecule has 4 unspecified atom stereocenters. The van der Waals surface area contributed by atoms with E-state index in [1.54, 1.807) is 0 Å². The zero-order valence-corrected chi connectivity index (χ0v) is 14.6. The minimum atomic E-state index is 0.0404. The van der Waals surface area contributed by atoms with Crippen LogP contribution in [0.15, 0.2) is 24.3 Å². The maximum Gasteiger partial charge on any atom is 0.226 e. The lowest BCUT2D eigenvalue weighted by molar-refractivity contribution is -0.126. The van der Waals surface area contributed by atoms with Crippen molar-refractivity contribution in [3.63, 3.8) is 0 Å². The van der Waals surface area contributed by atoms with Gasteiger partial charge in [0.15, 0.2) is 0 Å². The molecule has 1 aromatic carbocycles. The van der Waals surface area contributed by atoms with Gasteiger partial charge in [-0.15, -0.1) is 0 Å². The summed E-state index contributed by atoms with van der Waals surface area (Å²) in [6.45, 7) is 3.79. The van der Waals surface area contributed by atoms with E-state index in [-0.39, 0.29) is 17.9 Å². The smallest absolute Gasteiger partial charge is 0.226 e. The van der Waals surface area contributed by atoms with E-state index in [4.69, 9.17) is 0 Å². The van der Waals surface area contributed by atoms with Crippen molar-refractivity contribution in [3.05, 3.63) is 35.4 Å². The van der Waals surface area contributed by atoms with Gasteiger partial charge in [-0.1, -0.05) is 24.3 Å². The molecule has 4 rings (SSSR count). The Bertz CT molecular complexity index is 615. The highest BCUT2D eigenvalue weighted by atomic mass is 16.2. The Balaban J connectivity index is 1.37. The van der Waals surface area contributed by atoms with E-state index in [2.05, 4.69) is 59.3 Å². The van der Waals surface area contributed by atoms with Gasteiger partial charge in [-0.2, -0.15) is 0 Å². The standard InChI is InChI=1S/C19H28N4O/c1-12-17(18(22-21-12)13-7-8-13)19(24)20-10-16-9-14-5-3-4-6-15(14)11-23(16)2/h3-6,12-13,16-18,21-22H,7-11H2,1-2H3,(H,20,24). The zero-order valence-electron chi connectivity index (χ0n) is 14.6. The van der Waals surface area contributed by atoms with E-state index in [9.17, 15) is 4.79 Å². The van der Waals surface area contributed by atoms with Gasteiger partial charge in [-0.05, 0) is 50.3 Å². The maximum absolute atomic E-state index is 12.8. The van der Waals surface area contributed by atoms with Crippen molar-refractivity contribution in [1.29, 1.82) is 0 Å². The van der Waals surface area contributed by atoms with Crippen LogP contribution in [0.4, 0.5) is 0 Å². The Morgan fingerprint density at radius 3 is 2.75 bits per heavy atom. The first-order valence-corrected chi connectivity index (χ1v) is 9.19. The van der Waals surface area contributed by atoms with Crippen LogP contribution >= 0.6 is 0 Å². The van der Waals surface area contributed by atoms with Gasteiger partial charge in [0.05, 0.1) is 5.92 Å². The Labute approximate surface area is 144 Å². The highest BCUT2D eigenvalue weighted by molar-refractivity contribution is 5.80. The summed E-state index contributed by atoms with van der Waals surface area (Å²) in [4.78, 5) is 15.1. The number of amides is 1. The summed E-state index contributed by atoms with van der Waals surface area (Å²) < 4.78 is 0. The number of hydrogen-bond donors (Lipinski definition) is 3. The minimum Gasteiger partial charge on any atom is -0.354 e. The number of hydrazine groups is 1. The normalized spacial score (nSPS) is 33.2. The molecule has 0 spiro atoms. The summed E-state index contributed by atoms with van der Waals surface area (Å²) in [5, 5.41) is 3.24. The Morgan fingerprint density at radius 1 is 1.25 bits per heavy atom. The largest absolute Gasteiger partial charge is 0.354 e. The van der Waals surface area contributed by atoms with Crippen LogP contribution in [0.3, 0.4) is 0 Å². The molecule has 3 N–H and O–H groups in total. The summed E-state index contributed by atoms with van der Waals surface area (Å²) in [6, 6.07) is 9.50. The van der Waals surface area contributed by atoms with Crippen molar-refractivity contribution in [2.24, 2.45) is 11.8 Å². The number of fused-ring (bicyclic) bond motifs is 1. The van der Waals surface area contributed by atoms with Gasteiger partial charge >= 0.3 is 0 Å². The Morgan fingerprint density at radius 2 is 2.00 bits per heavy atom. The first-order valence-electron chi connectivity index (χ1n) is 9.19. The topological polar surface area (TPSA) is 56.4 Å². The fourth-order valence-corrected chi connectivity index (χ4v) is 4.26. The maximum atomic E-state index is 12.8. The first kappa shape index (κ1) is 16.1. The molecule has 130 valence electrons. The number of likely N-dealkylation sites (N-methyl/N-ethyl adjacent to an activating group) is 1. The highest BCUT2D eigenvalue weighted by Crippen LogP contribution is 2.38. The van der Waals surface area contributed by atoms with Gasteiger partial charge < -0.3 is 5.32 Å². The molecule has 0 aromatic heterocycles. The van der Waals surface area contributed by atoms with Gasteiger partial charge in [0, 0.05) is 31.2 Å². The van der Waals surface area contributed by atoms with Crippen LogP contribution < -0.4 is 16.2 Å². The zero-order chi connectivity index (χ0) is 16.7. The van der Waals surface area contributed by atoms with E-state index in [0.29, 0.717) is 18.0 Å². The van der Waals surface area contributed by atoms with E-state index in [1.807, 2.05) is 0 Å². The number of nitrogens with one attached hydrogen (secondary N) is 3. The molecule has 1 aliphatic carbocycles. The van der Waals surface area contributed by atoms with Crippen LogP contribution in [0.1, 0.15) is 30.9 Å². The molecule has 1 saturated carbocycles. The highest BCUT2D eigenvalue weighted by Gasteiger charge is 2.46. The second-order valence-electron chi connectivity index (χ2n) is 7.75. The summed E-state index contributed by atoms with van der Waals surface area (Å²) in [5.41, 5.74) is 9.43. The van der Waals surface area contributed by atoms with Crippen molar-refractivity contribution in [3.8, 4) is 0 Å². The third-order valence-electron chi connectivity index (χ3n) is 5.96. The van der Waals surface area contributed by atoms with E-state index >= 15 is 0 Å². The van der Waals surface area contributed by atoms with Crippen LogP contribution in [-0.4, -0.2) is 42.5 Å². The quantitative estimate of drug-likeness (QED) is 0.773. The van der Waals surface area contributed by atoms with Crippen molar-refractivity contribution in [2.75, 3.05) is 13.6 Å². The van der Waals surface area contributed by atoms with Gasteiger partial charge in [-0.25, -0.2) is 0 Å². The van der Waals surface area contributed by atoms with Gasteiger partial charge in [0.25, 0.3) is 0 Å². The first-order chi connectivity index (χ1) is 11.6. The van der Waals surface area contributed by atoms with Crippen LogP contribution in [0.5, 0.6) is 0 Å². The second kappa shape index (κ2) is 6.47. The molecular formula is C19H28N4O. The lowest BCUT2D eigenvalue weighted by Gasteiger charge is -2.34. The number of rotatable bonds is 4. The van der Waals surface area contributed by atoms with E-state index in [1.165, 1.54) is 24.0 Å². The fraction of sp³-hybridized carbons (Fsp3) is 0.632. The second-order valence-corrected chi connectivity index (χ2v) is 7.75. The number of nitrogens with zero attached hydrogens (tertiary/aromatic N) is 1. The number of benzene rings is 1. The summed E-state index contributed by atoms with van der Waals surface area (Å²) in [7, 11) is 2.15. The van der Waals surface area contributed by atoms with Crippen molar-refractivity contribution >= 4 is 5.91 Å². The summed E-state index contributed by atoms with van der Waals surface area (Å²) >= 11 is 0. The monoisotopic (exact) mass is 328 g/mol. The summed E-state index contributed by atoms with van der Waals surface area (Å²) in [5.74, 6) is 0.908. The predicted octanol–water partition coefficient (Wildman–Crippen LogP) is 1.05. The average Bonchev–Trinajstić information content (AvgIpc) is 3.35. The van der Waals surface area contributed by atoms with E-state index < -0.39 is 0 Å². The molecule has 2 aliphatic heterocycles. The molecule has 2 heterocycles. The van der Waals surface area contributed by atoms with Crippen LogP contribution in [0.2, 0.25) is 0 Å². The Kier molecular flexibility index (Phi) is 4.33. The Hall–Kier alpha value is -1.43. The molecule has 2 fully saturated rings. The molecule has 4 atom stereocenters. The lowest BCUT2D eigenvalue weighted by Crippen LogP contribution is -2.49. The van der Waals surface area contributed by atoms with Gasteiger partial charge in [0.2, 0.25) is 5.91 Å². The van der Waals surface area contributed by atoms with Crippen LogP contribution in [0, 0.1) is 11.8 Å². The van der Waals surface area contributed by atoms with Crippen molar-refractivity contribution in [1.82, 2.24) is 21.1 Å². The number of hydrogen-bond acceptors (Lipinski definition) is 4. The molecular weight excluding hydrogens is 300 g/mol. The molecule has 1 aromatic rings. The molecule has 3 aliphatic rings. The van der Waals surface area contributed by atoms with Gasteiger partial charge in [-0.3, -0.25) is 20.5 Å². The number of carbonyl (C=O) groups is 1. The number of carbonyl (C=O) groups excluding carboxylic acids is 1. The molecule has 5 heteroatoms. The summed E-state index contributed by atoms with van der Waals surface area (Å²) in [6.07, 6.45) is 3.51. The average molecular weight is 328 g/mol.